The average molecular weight is 545 g/mol. The number of aryl methyl sites for hydroxylation is 2. The monoisotopic (exact) mass is 544 g/mol. The molecule has 1 N–H and O–H groups in total. The number of ether oxygens (including phenoxy) is 1. The van der Waals surface area contributed by atoms with Crippen molar-refractivity contribution in [1.82, 2.24) is 5.32 Å². The number of carbonyl (C=O) groups excluding carboxylic acids is 3. The summed E-state index contributed by atoms with van der Waals surface area (Å²) in [6.45, 7) is 4.35. The van der Waals surface area contributed by atoms with E-state index in [9.17, 15) is 14.4 Å². The zero-order valence-corrected chi connectivity index (χ0v) is 22.1. The lowest BCUT2D eigenvalue weighted by atomic mass is 9.99. The summed E-state index contributed by atoms with van der Waals surface area (Å²) in [5, 5.41) is 4.37. The van der Waals surface area contributed by atoms with Crippen molar-refractivity contribution in [2.45, 2.75) is 20.5 Å². The Balaban J connectivity index is 1.58. The maximum Gasteiger partial charge on any atom is 0.335 e. The van der Waals surface area contributed by atoms with Gasteiger partial charge in [-0.1, -0.05) is 82.9 Å². The van der Waals surface area contributed by atoms with Crippen LogP contribution in [0.2, 0.25) is 10.0 Å². The summed E-state index contributed by atoms with van der Waals surface area (Å²) < 4.78 is 6.21. The lowest BCUT2D eigenvalue weighted by Gasteiger charge is -2.26. The third-order valence-electron chi connectivity index (χ3n) is 6.16. The molecule has 0 aromatic heterocycles. The van der Waals surface area contributed by atoms with E-state index in [4.69, 9.17) is 27.9 Å². The Bertz CT molecular complexity index is 1640. The average Bonchev–Trinajstić information content (AvgIpc) is 2.87. The number of benzene rings is 4. The number of hydrogen-bond acceptors (Lipinski definition) is 4. The molecule has 0 unspecified atom stereocenters. The van der Waals surface area contributed by atoms with Gasteiger partial charge < -0.3 is 4.74 Å². The minimum absolute atomic E-state index is 0.170. The predicted octanol–water partition coefficient (Wildman–Crippen LogP) is 7.01. The highest BCUT2D eigenvalue weighted by Crippen LogP contribution is 2.33. The zero-order chi connectivity index (χ0) is 27.0. The number of hydrogen-bond donors (Lipinski definition) is 1. The third-order valence-corrected chi connectivity index (χ3v) is 6.90. The van der Waals surface area contributed by atoms with Crippen LogP contribution in [0.4, 0.5) is 10.5 Å². The van der Waals surface area contributed by atoms with Crippen LogP contribution < -0.4 is 15.0 Å². The van der Waals surface area contributed by atoms with E-state index >= 15 is 0 Å². The van der Waals surface area contributed by atoms with Gasteiger partial charge in [0.1, 0.15) is 17.9 Å². The topological polar surface area (TPSA) is 75.7 Å². The molecule has 190 valence electrons. The quantitative estimate of drug-likeness (QED) is 0.216. The molecule has 0 radical (unpaired) electrons. The number of nitrogens with one attached hydrogen (secondary N) is 1. The highest BCUT2D eigenvalue weighted by molar-refractivity contribution is 6.43. The zero-order valence-electron chi connectivity index (χ0n) is 20.5. The molecule has 5 rings (SSSR count). The molecule has 1 aliphatic rings. The molecule has 0 aliphatic carbocycles. The van der Waals surface area contributed by atoms with Crippen LogP contribution in [0.5, 0.6) is 5.75 Å². The van der Waals surface area contributed by atoms with E-state index in [0.29, 0.717) is 17.9 Å². The fraction of sp³-hybridized carbons (Fsp3) is 0.100. The summed E-state index contributed by atoms with van der Waals surface area (Å²) in [5.41, 5.74) is 3.77. The molecule has 1 heterocycles. The Kier molecular flexibility index (Phi) is 6.93. The second kappa shape index (κ2) is 10.3. The molecule has 0 atom stereocenters. The first-order valence-electron chi connectivity index (χ1n) is 11.8. The summed E-state index contributed by atoms with van der Waals surface area (Å²) in [6, 6.07) is 21.0. The van der Waals surface area contributed by atoms with Crippen LogP contribution in [0.1, 0.15) is 22.3 Å². The number of nitrogens with zero attached hydrogens (tertiary/aromatic N) is 1. The first kappa shape index (κ1) is 25.5. The number of anilines is 1. The molecule has 0 spiro atoms. The highest BCUT2D eigenvalue weighted by atomic mass is 35.5. The van der Waals surface area contributed by atoms with Crippen LogP contribution in [0.3, 0.4) is 0 Å². The molecule has 0 saturated carbocycles. The molecule has 0 bridgehead atoms. The molecule has 38 heavy (non-hydrogen) atoms. The lowest BCUT2D eigenvalue weighted by Crippen LogP contribution is -2.54. The van der Waals surface area contributed by atoms with Crippen molar-refractivity contribution in [2.75, 3.05) is 4.90 Å². The number of carbonyl (C=O) groups is 3. The van der Waals surface area contributed by atoms with Crippen LogP contribution in [0.25, 0.3) is 16.8 Å². The molecular weight excluding hydrogens is 523 g/mol. The van der Waals surface area contributed by atoms with Crippen molar-refractivity contribution in [3.05, 3.63) is 111 Å². The van der Waals surface area contributed by atoms with Crippen LogP contribution >= 0.6 is 23.2 Å². The number of halogens is 2. The molecule has 4 amide bonds. The van der Waals surface area contributed by atoms with Gasteiger partial charge in [0.25, 0.3) is 11.8 Å². The maximum absolute atomic E-state index is 13.5. The molecule has 1 fully saturated rings. The Morgan fingerprint density at radius 3 is 2.34 bits per heavy atom. The van der Waals surface area contributed by atoms with E-state index in [1.165, 1.54) is 24.3 Å². The Labute approximate surface area is 229 Å². The van der Waals surface area contributed by atoms with Gasteiger partial charge in [-0.25, -0.2) is 9.69 Å². The lowest BCUT2D eigenvalue weighted by molar-refractivity contribution is -0.122. The summed E-state index contributed by atoms with van der Waals surface area (Å²) in [5.74, 6) is -1.09. The van der Waals surface area contributed by atoms with E-state index in [1.54, 1.807) is 0 Å². The molecule has 4 aromatic rings. The van der Waals surface area contributed by atoms with Gasteiger partial charge in [-0.05, 0) is 60.5 Å². The van der Waals surface area contributed by atoms with Gasteiger partial charge in [-0.3, -0.25) is 14.9 Å². The Morgan fingerprint density at radius 2 is 1.61 bits per heavy atom. The van der Waals surface area contributed by atoms with E-state index in [-0.39, 0.29) is 21.3 Å². The molecular formula is C30H22Cl2N2O4. The van der Waals surface area contributed by atoms with E-state index in [2.05, 4.69) is 11.4 Å². The van der Waals surface area contributed by atoms with E-state index in [0.717, 1.165) is 32.4 Å². The summed E-state index contributed by atoms with van der Waals surface area (Å²) in [4.78, 5) is 39.9. The fourth-order valence-electron chi connectivity index (χ4n) is 4.52. The van der Waals surface area contributed by atoms with Gasteiger partial charge in [0, 0.05) is 5.56 Å². The highest BCUT2D eigenvalue weighted by Gasteiger charge is 2.37. The number of barbiturate groups is 1. The minimum Gasteiger partial charge on any atom is -0.488 e. The van der Waals surface area contributed by atoms with Crippen molar-refractivity contribution < 1.29 is 19.1 Å². The second-order valence-corrected chi connectivity index (χ2v) is 9.85. The SMILES string of the molecule is Cc1cc(C)cc(COc2ccc3ccccc3c2/C=C2\C(=O)NC(=O)N(c3ccc(Cl)c(Cl)c3)C2=O)c1. The number of amides is 4. The predicted molar refractivity (Wildman–Crippen MR) is 150 cm³/mol. The Morgan fingerprint density at radius 1 is 0.868 bits per heavy atom. The van der Waals surface area contributed by atoms with Gasteiger partial charge in [0.15, 0.2) is 0 Å². The number of rotatable bonds is 5. The van der Waals surface area contributed by atoms with Crippen LogP contribution in [0, 0.1) is 13.8 Å². The summed E-state index contributed by atoms with van der Waals surface area (Å²) >= 11 is 12.1. The van der Waals surface area contributed by atoms with Crippen LogP contribution in [-0.2, 0) is 16.2 Å². The largest absolute Gasteiger partial charge is 0.488 e. The fourth-order valence-corrected chi connectivity index (χ4v) is 4.82. The second-order valence-electron chi connectivity index (χ2n) is 9.04. The third kappa shape index (κ3) is 5.01. The molecule has 1 aliphatic heterocycles. The summed E-state index contributed by atoms with van der Waals surface area (Å²) in [7, 11) is 0. The Hall–Kier alpha value is -4.13. The van der Waals surface area contributed by atoms with Crippen molar-refractivity contribution >= 4 is 63.6 Å². The van der Waals surface area contributed by atoms with Crippen molar-refractivity contribution in [3.8, 4) is 5.75 Å². The molecule has 6 nitrogen and oxygen atoms in total. The smallest absolute Gasteiger partial charge is 0.335 e. The number of fused-ring (bicyclic) bond motifs is 1. The van der Waals surface area contributed by atoms with Gasteiger partial charge in [-0.15, -0.1) is 0 Å². The van der Waals surface area contributed by atoms with Crippen molar-refractivity contribution in [3.63, 3.8) is 0 Å². The van der Waals surface area contributed by atoms with Gasteiger partial charge in [-0.2, -0.15) is 0 Å². The van der Waals surface area contributed by atoms with E-state index in [1.807, 2.05) is 62.4 Å². The molecule has 8 heteroatoms. The van der Waals surface area contributed by atoms with Gasteiger partial charge in [0.05, 0.1) is 15.7 Å². The van der Waals surface area contributed by atoms with Crippen LogP contribution in [-0.4, -0.2) is 17.8 Å². The molecule has 1 saturated heterocycles. The standard InChI is InChI=1S/C30H22Cl2N2O4/c1-17-11-18(2)13-19(12-17)16-38-27-10-7-20-5-3-4-6-22(20)23(27)15-24-28(35)33-30(37)34(29(24)36)21-8-9-25(31)26(32)14-21/h3-15H,16H2,1-2H3,(H,33,35,37)/b24-15+. The number of urea groups is 1. The minimum atomic E-state index is -0.875. The van der Waals surface area contributed by atoms with Crippen LogP contribution in [0.15, 0.2) is 78.4 Å². The first-order valence-corrected chi connectivity index (χ1v) is 12.5. The van der Waals surface area contributed by atoms with Gasteiger partial charge in [0.2, 0.25) is 0 Å². The van der Waals surface area contributed by atoms with Gasteiger partial charge >= 0.3 is 6.03 Å². The molecule has 4 aromatic carbocycles. The van der Waals surface area contributed by atoms with Crippen molar-refractivity contribution in [2.24, 2.45) is 0 Å². The number of imide groups is 2. The van der Waals surface area contributed by atoms with Crippen molar-refractivity contribution in [1.29, 1.82) is 0 Å². The first-order chi connectivity index (χ1) is 18.2. The van der Waals surface area contributed by atoms with E-state index < -0.39 is 17.8 Å². The summed E-state index contributed by atoms with van der Waals surface area (Å²) in [6.07, 6.45) is 1.47. The normalized spacial score (nSPS) is 14.8. The maximum atomic E-state index is 13.5.